The molecule has 0 fully saturated rings. The van der Waals surface area contributed by atoms with E-state index in [1.165, 1.54) is 4.90 Å². The molecule has 0 spiro atoms. The molecule has 0 saturated carbocycles. The number of ketones is 1. The number of amides is 1. The zero-order valence-corrected chi connectivity index (χ0v) is 11.8. The Balaban J connectivity index is 2.43. The number of benzene rings is 1. The van der Waals surface area contributed by atoms with Crippen molar-refractivity contribution in [2.24, 2.45) is 0 Å². The summed E-state index contributed by atoms with van der Waals surface area (Å²) >= 11 is 3.34. The zero-order chi connectivity index (χ0) is 13.3. The highest BCUT2D eigenvalue weighted by Crippen LogP contribution is 2.34. The van der Waals surface area contributed by atoms with Gasteiger partial charge in [0.05, 0.1) is 11.3 Å². The van der Waals surface area contributed by atoms with Crippen LogP contribution in [0.1, 0.15) is 29.3 Å². The second kappa shape index (κ2) is 4.95. The van der Waals surface area contributed by atoms with E-state index in [1.807, 2.05) is 13.0 Å². The number of fused-ring (bicyclic) bond motifs is 1. The number of aryl methyl sites for hydroxylation is 1. The molecule has 1 aliphatic rings. The Hall–Kier alpha value is -1.60. The van der Waals surface area contributed by atoms with Crippen molar-refractivity contribution in [2.45, 2.75) is 20.3 Å². The van der Waals surface area contributed by atoms with E-state index in [-0.39, 0.29) is 0 Å². The van der Waals surface area contributed by atoms with E-state index in [2.05, 4.69) is 27.8 Å². The lowest BCUT2D eigenvalue weighted by Gasteiger charge is -2.17. The van der Waals surface area contributed by atoms with Crippen molar-refractivity contribution in [3.05, 3.63) is 27.7 Å². The first-order valence-corrected chi connectivity index (χ1v) is 6.41. The van der Waals surface area contributed by atoms with Gasteiger partial charge in [0, 0.05) is 17.4 Å². The van der Waals surface area contributed by atoms with Crippen LogP contribution in [0.15, 0.2) is 16.6 Å². The van der Waals surface area contributed by atoms with Gasteiger partial charge in [0.15, 0.2) is 0 Å². The van der Waals surface area contributed by atoms with E-state index in [4.69, 9.17) is 0 Å². The summed E-state index contributed by atoms with van der Waals surface area (Å²) in [6.45, 7) is 4.11. The second-order valence-corrected chi connectivity index (χ2v) is 5.00. The zero-order valence-electron chi connectivity index (χ0n) is 10.2. The molecular weight excluding hydrogens is 294 g/mol. The van der Waals surface area contributed by atoms with Crippen molar-refractivity contribution in [3.8, 4) is 11.8 Å². The van der Waals surface area contributed by atoms with Gasteiger partial charge < -0.3 is 4.90 Å². The molecule has 0 saturated heterocycles. The molecule has 1 aliphatic heterocycles. The largest absolute Gasteiger partial charge is 0.304 e. The predicted octanol–water partition coefficient (Wildman–Crippen LogP) is 2.70. The van der Waals surface area contributed by atoms with Crippen molar-refractivity contribution in [2.75, 3.05) is 11.4 Å². The van der Waals surface area contributed by atoms with Gasteiger partial charge in [-0.25, -0.2) is 0 Å². The maximum Gasteiger partial charge on any atom is 0.299 e. The lowest BCUT2D eigenvalue weighted by Crippen LogP contribution is -2.30. The summed E-state index contributed by atoms with van der Waals surface area (Å²) in [5, 5.41) is 0. The number of nitrogens with zero attached hydrogens (tertiary/aromatic N) is 1. The molecule has 2 rings (SSSR count). The van der Waals surface area contributed by atoms with Crippen LogP contribution in [-0.4, -0.2) is 18.2 Å². The number of Topliss-reactive ketones (excluding diaryl/α,β-unsaturated/α-hetero) is 1. The van der Waals surface area contributed by atoms with Gasteiger partial charge in [0.1, 0.15) is 0 Å². The Morgan fingerprint density at radius 1 is 1.33 bits per heavy atom. The first-order valence-electron chi connectivity index (χ1n) is 5.62. The van der Waals surface area contributed by atoms with Gasteiger partial charge in [0.2, 0.25) is 0 Å². The summed E-state index contributed by atoms with van der Waals surface area (Å²) in [6.07, 6.45) is 0.574. The maximum absolute atomic E-state index is 11.9. The highest BCUT2D eigenvalue weighted by atomic mass is 79.9. The van der Waals surface area contributed by atoms with Crippen LogP contribution in [0.2, 0.25) is 0 Å². The molecule has 18 heavy (non-hydrogen) atoms. The van der Waals surface area contributed by atoms with Crippen molar-refractivity contribution in [1.82, 2.24) is 0 Å². The maximum atomic E-state index is 11.9. The molecule has 0 unspecified atom stereocenters. The third kappa shape index (κ3) is 2.06. The molecule has 1 amide bonds. The van der Waals surface area contributed by atoms with Gasteiger partial charge in [-0.2, -0.15) is 0 Å². The van der Waals surface area contributed by atoms with Crippen molar-refractivity contribution < 1.29 is 9.59 Å². The van der Waals surface area contributed by atoms with Crippen LogP contribution in [0.25, 0.3) is 0 Å². The first kappa shape index (κ1) is 12.8. The minimum atomic E-state index is -0.455. The van der Waals surface area contributed by atoms with Gasteiger partial charge in [-0.1, -0.05) is 15.9 Å². The third-order valence-electron chi connectivity index (χ3n) is 2.86. The Morgan fingerprint density at radius 3 is 2.72 bits per heavy atom. The summed E-state index contributed by atoms with van der Waals surface area (Å²) in [6, 6.07) is 3.61. The highest BCUT2D eigenvalue weighted by Gasteiger charge is 2.36. The number of carbonyl (C=O) groups excluding carboxylic acids is 2. The minimum Gasteiger partial charge on any atom is -0.304 e. The van der Waals surface area contributed by atoms with Crippen LogP contribution < -0.4 is 4.90 Å². The van der Waals surface area contributed by atoms with Gasteiger partial charge in [0.25, 0.3) is 11.7 Å². The minimum absolute atomic E-state index is 0.432. The number of hydrogen-bond acceptors (Lipinski definition) is 2. The van der Waals surface area contributed by atoms with Crippen LogP contribution in [-0.2, 0) is 4.79 Å². The van der Waals surface area contributed by atoms with Crippen molar-refractivity contribution >= 4 is 33.3 Å². The standard InChI is InChI=1S/C14H12BrNO2/c1-3-4-5-6-16-12-9(2)7-10(15)8-11(12)13(17)14(16)18/h7-8H,5-6H2,1-2H3. The quantitative estimate of drug-likeness (QED) is 0.622. The van der Waals surface area contributed by atoms with E-state index in [9.17, 15) is 9.59 Å². The molecule has 0 atom stereocenters. The van der Waals surface area contributed by atoms with Crippen LogP contribution in [0.3, 0.4) is 0 Å². The SMILES string of the molecule is CC#CCCN1C(=O)C(=O)c2cc(Br)cc(C)c21. The molecule has 4 heteroatoms. The molecular formula is C14H12BrNO2. The molecule has 0 aliphatic carbocycles. The summed E-state index contributed by atoms with van der Waals surface area (Å²) in [5.74, 6) is 4.81. The Kier molecular flexibility index (Phi) is 3.53. The number of hydrogen-bond donors (Lipinski definition) is 0. The molecule has 0 radical (unpaired) electrons. The average molecular weight is 306 g/mol. The van der Waals surface area contributed by atoms with E-state index in [0.717, 1.165) is 15.7 Å². The normalized spacial score (nSPS) is 13.4. The van der Waals surface area contributed by atoms with Gasteiger partial charge >= 0.3 is 0 Å². The van der Waals surface area contributed by atoms with Crippen molar-refractivity contribution in [1.29, 1.82) is 0 Å². The molecule has 3 nitrogen and oxygen atoms in total. The molecule has 0 N–H and O–H groups in total. The lowest BCUT2D eigenvalue weighted by atomic mass is 10.1. The summed E-state index contributed by atoms with van der Waals surface area (Å²) in [5.41, 5.74) is 2.13. The fourth-order valence-electron chi connectivity index (χ4n) is 2.11. The van der Waals surface area contributed by atoms with Crippen LogP contribution in [0.5, 0.6) is 0 Å². The van der Waals surface area contributed by atoms with Gasteiger partial charge in [-0.05, 0) is 31.5 Å². The predicted molar refractivity (Wildman–Crippen MR) is 73.6 cm³/mol. The molecule has 0 bridgehead atoms. The summed E-state index contributed by atoms with van der Waals surface area (Å²) in [7, 11) is 0. The molecule has 0 aromatic heterocycles. The summed E-state index contributed by atoms with van der Waals surface area (Å²) in [4.78, 5) is 25.4. The van der Waals surface area contributed by atoms with E-state index < -0.39 is 11.7 Å². The first-order chi connectivity index (χ1) is 8.56. The van der Waals surface area contributed by atoms with E-state index in [0.29, 0.717) is 18.5 Å². The lowest BCUT2D eigenvalue weighted by molar-refractivity contribution is -0.114. The number of anilines is 1. The third-order valence-corrected chi connectivity index (χ3v) is 3.31. The van der Waals surface area contributed by atoms with Crippen LogP contribution in [0, 0.1) is 18.8 Å². The van der Waals surface area contributed by atoms with E-state index in [1.54, 1.807) is 13.0 Å². The van der Waals surface area contributed by atoms with Crippen LogP contribution in [0.4, 0.5) is 5.69 Å². The van der Waals surface area contributed by atoms with Crippen LogP contribution >= 0.6 is 15.9 Å². The Labute approximate surface area is 114 Å². The average Bonchev–Trinajstić information content (AvgIpc) is 2.55. The highest BCUT2D eigenvalue weighted by molar-refractivity contribution is 9.10. The molecule has 1 aromatic rings. The van der Waals surface area contributed by atoms with Gasteiger partial charge in [-0.3, -0.25) is 9.59 Å². The smallest absolute Gasteiger partial charge is 0.299 e. The number of carbonyl (C=O) groups is 2. The van der Waals surface area contributed by atoms with Crippen molar-refractivity contribution in [3.63, 3.8) is 0 Å². The number of halogens is 1. The molecule has 92 valence electrons. The fourth-order valence-corrected chi connectivity index (χ4v) is 2.68. The molecule has 1 aromatic carbocycles. The second-order valence-electron chi connectivity index (χ2n) is 4.08. The Morgan fingerprint density at radius 2 is 2.06 bits per heavy atom. The van der Waals surface area contributed by atoms with E-state index >= 15 is 0 Å². The number of rotatable bonds is 2. The monoisotopic (exact) mass is 305 g/mol. The van der Waals surface area contributed by atoms with Gasteiger partial charge in [-0.15, -0.1) is 11.8 Å². The fraction of sp³-hybridized carbons (Fsp3) is 0.286. The molecule has 1 heterocycles. The Bertz CT molecular complexity index is 596. The summed E-state index contributed by atoms with van der Waals surface area (Å²) < 4.78 is 0.815. The topological polar surface area (TPSA) is 37.4 Å².